The van der Waals surface area contributed by atoms with Gasteiger partial charge in [-0.2, -0.15) is 0 Å². The predicted molar refractivity (Wildman–Crippen MR) is 64.2 cm³/mol. The molecule has 0 aromatic heterocycles. The van der Waals surface area contributed by atoms with E-state index in [-0.39, 0.29) is 6.61 Å². The molecule has 0 aliphatic rings. The zero-order valence-electron chi connectivity index (χ0n) is 9.67. The highest BCUT2D eigenvalue weighted by molar-refractivity contribution is 7.64. The van der Waals surface area contributed by atoms with Gasteiger partial charge in [0.05, 0.1) is 6.10 Å². The Balaban J connectivity index is 5.13. The van der Waals surface area contributed by atoms with E-state index in [2.05, 4.69) is 0 Å². The van der Waals surface area contributed by atoms with E-state index in [0.29, 0.717) is 6.42 Å². The maximum Gasteiger partial charge on any atom is 0.379 e. The summed E-state index contributed by atoms with van der Waals surface area (Å²) in [6, 6.07) is 0. The van der Waals surface area contributed by atoms with Gasteiger partial charge in [-0.15, -0.1) is 6.42 Å². The fraction of sp³-hybridized carbons (Fsp3) is 0.778. The number of rotatable bonds is 7. The molecule has 4 unspecified atom stereocenters. The summed E-state index contributed by atoms with van der Waals surface area (Å²) in [6.07, 6.45) is 5.24. The lowest BCUT2D eigenvalue weighted by molar-refractivity contribution is 0.0826. The van der Waals surface area contributed by atoms with Crippen LogP contribution < -0.4 is 0 Å². The van der Waals surface area contributed by atoms with Crippen LogP contribution in [0.5, 0.6) is 0 Å². The van der Waals surface area contributed by atoms with E-state index in [1.165, 1.54) is 0 Å². The second kappa shape index (κ2) is 6.59. The highest BCUT2D eigenvalue weighted by Gasteiger charge is 2.49. The van der Waals surface area contributed by atoms with Gasteiger partial charge in [-0.05, 0) is 20.3 Å². The molecule has 0 fully saturated rings. The zero-order valence-corrected chi connectivity index (χ0v) is 11.7. The Morgan fingerprint density at radius 3 is 2.50 bits per heavy atom. The molecule has 5 nitrogen and oxygen atoms in total. The lowest BCUT2D eigenvalue weighted by Gasteiger charge is -2.28. The molecular formula is C9H18O5P2. The molecule has 0 rings (SSSR count). The molecule has 0 aliphatic heterocycles. The van der Waals surface area contributed by atoms with Crippen molar-refractivity contribution in [1.82, 2.24) is 0 Å². The molecule has 1 N–H and O–H groups in total. The summed E-state index contributed by atoms with van der Waals surface area (Å²) >= 11 is 0. The molecule has 0 aromatic carbocycles. The minimum Gasteiger partial charge on any atom is -0.346 e. The third kappa shape index (κ3) is 3.45. The van der Waals surface area contributed by atoms with Crippen LogP contribution in [0.4, 0.5) is 0 Å². The largest absolute Gasteiger partial charge is 0.379 e. The fourth-order valence-corrected chi connectivity index (χ4v) is 3.22. The van der Waals surface area contributed by atoms with Gasteiger partial charge in [-0.3, -0.25) is 4.57 Å². The van der Waals surface area contributed by atoms with Crippen molar-refractivity contribution in [1.29, 1.82) is 0 Å². The summed E-state index contributed by atoms with van der Waals surface area (Å²) in [5.74, 6) is 2.00. The molecule has 0 spiro atoms. The number of ether oxygens (including phenoxy) is 1. The van der Waals surface area contributed by atoms with Crippen LogP contribution in [0.25, 0.3) is 0 Å². The van der Waals surface area contributed by atoms with Crippen molar-refractivity contribution in [3.8, 4) is 12.3 Å². The topological polar surface area (TPSA) is 72.8 Å². The minimum atomic E-state index is -4.26. The lowest BCUT2D eigenvalue weighted by atomic mass is 10.3. The van der Waals surface area contributed by atoms with Gasteiger partial charge in [-0.25, -0.2) is 0 Å². The van der Waals surface area contributed by atoms with Crippen LogP contribution in [0.1, 0.15) is 27.2 Å². The summed E-state index contributed by atoms with van der Waals surface area (Å²) in [7, 11) is -6.04. The van der Waals surface area contributed by atoms with Gasteiger partial charge in [0.25, 0.3) is 5.08 Å². The first-order valence-electron chi connectivity index (χ1n) is 4.98. The third-order valence-corrected chi connectivity index (χ3v) is 5.74. The van der Waals surface area contributed by atoms with Crippen LogP contribution >= 0.6 is 16.1 Å². The summed E-state index contributed by atoms with van der Waals surface area (Å²) < 4.78 is 33.0. The van der Waals surface area contributed by atoms with Crippen LogP contribution in [-0.4, -0.2) is 22.7 Å². The maximum absolute atomic E-state index is 11.9. The standard InChI is InChI=1S/C9H18O5P2/c1-5-8(4)14-16(11,12)9(6-2,15-10)13-7-3/h2,8H,5,7,15H2,1,3-4H3,(H,11,12). The summed E-state index contributed by atoms with van der Waals surface area (Å²) in [6.45, 7) is 5.13. The second-order valence-corrected chi connectivity index (χ2v) is 6.69. The SMILES string of the molecule is C#CC(OCC)([PH2]=O)P(=O)(O)OC(C)CC. The normalized spacial score (nSPS) is 21.2. The number of hydrogen-bond acceptors (Lipinski definition) is 4. The molecular weight excluding hydrogens is 250 g/mol. The van der Waals surface area contributed by atoms with E-state index in [4.69, 9.17) is 15.7 Å². The average Bonchev–Trinajstić information content (AvgIpc) is 2.24. The van der Waals surface area contributed by atoms with Crippen LogP contribution in [0.2, 0.25) is 0 Å². The smallest absolute Gasteiger partial charge is 0.346 e. The first-order chi connectivity index (χ1) is 7.39. The Bertz CT molecular complexity index is 324. The Morgan fingerprint density at radius 1 is 1.62 bits per heavy atom. The average molecular weight is 268 g/mol. The molecule has 0 amide bonds. The van der Waals surface area contributed by atoms with Crippen LogP contribution in [0.3, 0.4) is 0 Å². The first kappa shape index (κ1) is 15.9. The Labute approximate surface area is 97.3 Å². The van der Waals surface area contributed by atoms with E-state index in [0.717, 1.165) is 0 Å². The van der Waals surface area contributed by atoms with Gasteiger partial charge in [0.15, 0.2) is 0 Å². The Morgan fingerprint density at radius 2 is 2.19 bits per heavy atom. The first-order valence-corrected chi connectivity index (χ1v) is 7.61. The highest BCUT2D eigenvalue weighted by Crippen LogP contribution is 2.61. The van der Waals surface area contributed by atoms with Crippen molar-refractivity contribution in [2.45, 2.75) is 38.4 Å². The molecule has 0 radical (unpaired) electrons. The molecule has 94 valence electrons. The summed E-state index contributed by atoms with van der Waals surface area (Å²) in [5.41, 5.74) is 0. The van der Waals surface area contributed by atoms with Gasteiger partial charge < -0.3 is 18.7 Å². The molecule has 4 atom stereocenters. The molecule has 0 aromatic rings. The highest BCUT2D eigenvalue weighted by atomic mass is 31.2. The third-order valence-electron chi connectivity index (χ3n) is 2.05. The van der Waals surface area contributed by atoms with Crippen molar-refractivity contribution in [3.05, 3.63) is 0 Å². The minimum absolute atomic E-state index is 0.0911. The second-order valence-electron chi connectivity index (χ2n) is 3.24. The van der Waals surface area contributed by atoms with Gasteiger partial charge in [0.1, 0.15) is 8.46 Å². The van der Waals surface area contributed by atoms with Crippen LogP contribution in [0.15, 0.2) is 0 Å². The molecule has 0 saturated heterocycles. The fourth-order valence-electron chi connectivity index (χ4n) is 0.956. The van der Waals surface area contributed by atoms with Gasteiger partial charge in [0.2, 0.25) is 0 Å². The molecule has 0 saturated carbocycles. The van der Waals surface area contributed by atoms with E-state index < -0.39 is 27.2 Å². The molecule has 0 bridgehead atoms. The monoisotopic (exact) mass is 268 g/mol. The van der Waals surface area contributed by atoms with Gasteiger partial charge in [0, 0.05) is 6.61 Å². The molecule has 16 heavy (non-hydrogen) atoms. The van der Waals surface area contributed by atoms with E-state index in [1.807, 2.05) is 5.92 Å². The Hall–Kier alpha value is -0.100. The van der Waals surface area contributed by atoms with Crippen LogP contribution in [0, 0.1) is 12.3 Å². The maximum atomic E-state index is 11.9. The van der Waals surface area contributed by atoms with Crippen molar-refractivity contribution < 1.29 is 23.3 Å². The van der Waals surface area contributed by atoms with E-state index >= 15 is 0 Å². The Kier molecular flexibility index (Phi) is 6.55. The number of hydrogen-bond donors (Lipinski definition) is 1. The molecule has 0 heterocycles. The summed E-state index contributed by atoms with van der Waals surface area (Å²) in [5, 5.41) is -1.99. The van der Waals surface area contributed by atoms with E-state index in [1.54, 1.807) is 20.8 Å². The lowest BCUT2D eigenvalue weighted by Crippen LogP contribution is -2.26. The predicted octanol–water partition coefficient (Wildman–Crippen LogP) is 2.07. The quantitative estimate of drug-likeness (QED) is 0.565. The van der Waals surface area contributed by atoms with Gasteiger partial charge in [-0.1, -0.05) is 12.8 Å². The van der Waals surface area contributed by atoms with Crippen molar-refractivity contribution in [2.75, 3.05) is 6.61 Å². The van der Waals surface area contributed by atoms with Crippen molar-refractivity contribution >= 4 is 16.1 Å². The zero-order chi connectivity index (χ0) is 12.8. The van der Waals surface area contributed by atoms with Crippen LogP contribution in [-0.2, 0) is 18.4 Å². The van der Waals surface area contributed by atoms with E-state index in [9.17, 15) is 14.0 Å². The van der Waals surface area contributed by atoms with Crippen molar-refractivity contribution in [3.63, 3.8) is 0 Å². The van der Waals surface area contributed by atoms with Crippen molar-refractivity contribution in [2.24, 2.45) is 0 Å². The molecule has 7 heteroatoms. The van der Waals surface area contributed by atoms with Gasteiger partial charge >= 0.3 is 7.60 Å². The number of terminal acetylenes is 1. The summed E-state index contributed by atoms with van der Waals surface area (Å²) in [4.78, 5) is 9.74. The molecule has 0 aliphatic carbocycles.